The summed E-state index contributed by atoms with van der Waals surface area (Å²) in [6.45, 7) is 11.0. The molecule has 3 aromatic rings. The van der Waals surface area contributed by atoms with Crippen molar-refractivity contribution in [1.29, 1.82) is 0 Å². The fourth-order valence-electron chi connectivity index (χ4n) is 8.21. The lowest BCUT2D eigenvalue weighted by Crippen LogP contribution is -2.36. The highest BCUT2D eigenvalue weighted by Crippen LogP contribution is 2.40. The monoisotopic (exact) mass is 870 g/mol. The van der Waals surface area contributed by atoms with E-state index in [9.17, 15) is 59.2 Å². The number of ketones is 3. The highest BCUT2D eigenvalue weighted by Gasteiger charge is 2.40. The van der Waals surface area contributed by atoms with E-state index in [4.69, 9.17) is 14.0 Å². The van der Waals surface area contributed by atoms with Gasteiger partial charge >= 0.3 is 39.3 Å². The molecule has 3 aromatic carbocycles. The molecule has 0 aromatic heterocycles. The maximum Gasteiger partial charge on any atom is 0.526 e. The number of aryl methyl sites for hydroxylation is 3. The van der Waals surface area contributed by atoms with Crippen molar-refractivity contribution in [2.24, 2.45) is 0 Å². The van der Waals surface area contributed by atoms with Crippen LogP contribution in [0.1, 0.15) is 143 Å². The van der Waals surface area contributed by atoms with Crippen molar-refractivity contribution in [2.75, 3.05) is 0 Å². The number of aromatic carboxylic acids is 3. The molecule has 0 spiro atoms. The van der Waals surface area contributed by atoms with Gasteiger partial charge in [-0.3, -0.25) is 14.4 Å². The molecule has 3 atom stereocenters. The number of fused-ring (bicyclic) bond motifs is 3. The minimum Gasteiger partial charge on any atom is -0.535 e. The summed E-state index contributed by atoms with van der Waals surface area (Å²) in [5.41, 5.74) is 4.45. The van der Waals surface area contributed by atoms with Crippen LogP contribution in [0.4, 0.5) is 0 Å². The molecule has 0 aliphatic carbocycles. The minimum absolute atomic E-state index is 0.0578. The Morgan fingerprint density at radius 3 is 1.21 bits per heavy atom. The lowest BCUT2D eigenvalue weighted by atomic mass is 9.64. The average Bonchev–Trinajstić information content (AvgIpc) is 3.19. The maximum atomic E-state index is 11.8. The van der Waals surface area contributed by atoms with E-state index in [2.05, 4.69) is 0 Å². The van der Waals surface area contributed by atoms with E-state index in [0.29, 0.717) is 49.7 Å². The zero-order valence-corrected chi connectivity index (χ0v) is 36.8. The average molecular weight is 870 g/mol. The van der Waals surface area contributed by atoms with Crippen molar-refractivity contribution in [2.45, 2.75) is 136 Å². The SMILES string of the molecule is CCCC(=O)C[C@H]1Cc2cc(C)cc(C(=O)O)c2OB1O.CCCC(=O)C[C@H]1Cc2ccc(C)c(C(=O)O)c2OB1O.CCCC(=O)C[C@H]1Cc2ccc(C)c(C(=O)O)c2OB1O. The van der Waals surface area contributed by atoms with Gasteiger partial charge in [0.05, 0.1) is 0 Å². The smallest absolute Gasteiger partial charge is 0.526 e. The third-order valence-electron chi connectivity index (χ3n) is 11.3. The summed E-state index contributed by atoms with van der Waals surface area (Å²) in [4.78, 5) is 69.1. The zero-order valence-electron chi connectivity index (χ0n) is 36.8. The molecular formula is C45H57B3O15. The number of Topliss-reactive ketones (excluding diaryl/α,β-unsaturated/α-hetero) is 3. The van der Waals surface area contributed by atoms with Gasteiger partial charge in [-0.25, -0.2) is 14.4 Å². The van der Waals surface area contributed by atoms with Gasteiger partial charge in [-0.2, -0.15) is 0 Å². The quantitative estimate of drug-likeness (QED) is 0.0868. The van der Waals surface area contributed by atoms with Crippen molar-refractivity contribution >= 4 is 56.6 Å². The van der Waals surface area contributed by atoms with Crippen LogP contribution in [0, 0.1) is 20.8 Å². The normalized spacial score (nSPS) is 17.1. The Hall–Kier alpha value is -5.45. The molecule has 3 heterocycles. The highest BCUT2D eigenvalue weighted by atomic mass is 16.5. The first-order chi connectivity index (χ1) is 29.8. The Labute approximate surface area is 368 Å². The first kappa shape index (κ1) is 50.2. The molecule has 15 nitrogen and oxygen atoms in total. The molecular weight excluding hydrogens is 813 g/mol. The molecule has 3 aliphatic heterocycles. The van der Waals surface area contributed by atoms with E-state index in [0.717, 1.165) is 41.5 Å². The summed E-state index contributed by atoms with van der Waals surface area (Å²) in [6.07, 6.45) is 5.93. The van der Waals surface area contributed by atoms with E-state index in [-0.39, 0.29) is 88.0 Å². The maximum absolute atomic E-state index is 11.8. The van der Waals surface area contributed by atoms with Crippen LogP contribution in [0.3, 0.4) is 0 Å². The van der Waals surface area contributed by atoms with Gasteiger partial charge in [0.15, 0.2) is 0 Å². The van der Waals surface area contributed by atoms with Crippen molar-refractivity contribution in [1.82, 2.24) is 0 Å². The molecule has 6 rings (SSSR count). The molecule has 0 saturated heterocycles. The Balaban J connectivity index is 0.000000207. The van der Waals surface area contributed by atoms with E-state index in [1.54, 1.807) is 38.1 Å². The third-order valence-corrected chi connectivity index (χ3v) is 11.3. The first-order valence-corrected chi connectivity index (χ1v) is 21.5. The molecule has 3 aliphatic rings. The number of carbonyl (C=O) groups excluding carboxylic acids is 3. The first-order valence-electron chi connectivity index (χ1n) is 21.5. The van der Waals surface area contributed by atoms with E-state index >= 15 is 0 Å². The highest BCUT2D eigenvalue weighted by molar-refractivity contribution is 6.48. The van der Waals surface area contributed by atoms with Gasteiger partial charge in [0.2, 0.25) is 0 Å². The van der Waals surface area contributed by atoms with Gasteiger partial charge in [-0.05, 0) is 98.7 Å². The van der Waals surface area contributed by atoms with E-state index in [1.165, 1.54) is 6.07 Å². The molecule has 336 valence electrons. The van der Waals surface area contributed by atoms with Crippen molar-refractivity contribution < 1.29 is 73.1 Å². The molecule has 0 bridgehead atoms. The van der Waals surface area contributed by atoms with E-state index < -0.39 is 39.3 Å². The fourth-order valence-corrected chi connectivity index (χ4v) is 8.21. The Morgan fingerprint density at radius 2 is 0.873 bits per heavy atom. The van der Waals surface area contributed by atoms with Gasteiger partial charge in [0.25, 0.3) is 0 Å². The van der Waals surface area contributed by atoms with Gasteiger partial charge in [0.1, 0.15) is 51.3 Å². The fraction of sp³-hybridized carbons (Fsp3) is 0.467. The predicted molar refractivity (Wildman–Crippen MR) is 236 cm³/mol. The van der Waals surface area contributed by atoms with Crippen LogP contribution in [0.15, 0.2) is 36.4 Å². The Bertz CT molecular complexity index is 2090. The molecule has 63 heavy (non-hydrogen) atoms. The number of carboxylic acids is 3. The second kappa shape index (κ2) is 22.8. The third kappa shape index (κ3) is 13.1. The van der Waals surface area contributed by atoms with Crippen molar-refractivity contribution in [3.63, 3.8) is 0 Å². The molecule has 18 heteroatoms. The second-order valence-electron chi connectivity index (χ2n) is 16.6. The Morgan fingerprint density at radius 1 is 0.524 bits per heavy atom. The topological polar surface area (TPSA) is 251 Å². The molecule has 0 saturated carbocycles. The molecule has 0 amide bonds. The molecule has 0 unspecified atom stereocenters. The number of carbonyl (C=O) groups is 6. The van der Waals surface area contributed by atoms with Crippen LogP contribution in [0.2, 0.25) is 17.5 Å². The number of benzene rings is 3. The summed E-state index contributed by atoms with van der Waals surface area (Å²) >= 11 is 0. The number of hydrogen-bond donors (Lipinski definition) is 6. The Kier molecular flexibility index (Phi) is 18.1. The van der Waals surface area contributed by atoms with Crippen LogP contribution >= 0.6 is 0 Å². The van der Waals surface area contributed by atoms with Crippen LogP contribution in [0.5, 0.6) is 17.2 Å². The van der Waals surface area contributed by atoms with Crippen LogP contribution in [-0.2, 0) is 33.6 Å². The summed E-state index contributed by atoms with van der Waals surface area (Å²) in [5.74, 6) is -3.21. The molecule has 0 radical (unpaired) electrons. The summed E-state index contributed by atoms with van der Waals surface area (Å²) in [6, 6.07) is 10.4. The number of rotatable bonds is 15. The number of hydrogen-bond acceptors (Lipinski definition) is 12. The van der Waals surface area contributed by atoms with Gasteiger partial charge in [-0.15, -0.1) is 0 Å². The minimum atomic E-state index is -1.14. The lowest BCUT2D eigenvalue weighted by Gasteiger charge is -2.28. The molecule has 0 fully saturated rings. The molecule has 6 N–H and O–H groups in total. The van der Waals surface area contributed by atoms with Crippen LogP contribution in [0.25, 0.3) is 0 Å². The summed E-state index contributed by atoms with van der Waals surface area (Å²) in [7, 11) is -3.42. The standard InChI is InChI=1S/3C15H19BO5/c1-3-4-12(17)8-11-7-10-5-9(2)6-13(15(18)19)14(10)21-16(11)20;2*1-3-4-12(17)8-11-7-10-6-5-9(2)13(15(18)19)14(10)21-16(11)20/h3*5-6,11,20H,3-4,7-8H2,1-2H3,(H,18,19)/t3*11-/m111/s1. The van der Waals surface area contributed by atoms with Gasteiger partial charge in [-0.1, -0.05) is 51.1 Å². The summed E-state index contributed by atoms with van der Waals surface area (Å²) in [5, 5.41) is 57.9. The van der Waals surface area contributed by atoms with Crippen molar-refractivity contribution in [3.8, 4) is 17.2 Å². The zero-order chi connectivity index (χ0) is 46.7. The van der Waals surface area contributed by atoms with E-state index in [1.807, 2.05) is 33.8 Å². The largest absolute Gasteiger partial charge is 0.535 e. The van der Waals surface area contributed by atoms with Crippen LogP contribution < -0.4 is 14.0 Å². The predicted octanol–water partition coefficient (Wildman–Crippen LogP) is 6.71. The van der Waals surface area contributed by atoms with Gasteiger partial charge < -0.3 is 44.4 Å². The van der Waals surface area contributed by atoms with Crippen molar-refractivity contribution in [3.05, 3.63) is 86.5 Å². The lowest BCUT2D eigenvalue weighted by molar-refractivity contribution is -0.120. The number of carboxylic acid groups (broad SMARTS) is 3. The van der Waals surface area contributed by atoms with Gasteiger partial charge in [0, 0.05) is 56.0 Å². The summed E-state index contributed by atoms with van der Waals surface area (Å²) < 4.78 is 16.2. The second-order valence-corrected chi connectivity index (χ2v) is 16.6. The van der Waals surface area contributed by atoms with Crippen LogP contribution in [-0.4, -0.2) is 87.0 Å².